The SMILES string of the molecule is O=[N+]([O-])c1c(Cl)cccc1CCO. The Balaban J connectivity index is 3.17. The molecule has 0 saturated carbocycles. The summed E-state index contributed by atoms with van der Waals surface area (Å²) in [4.78, 5) is 10.0. The summed E-state index contributed by atoms with van der Waals surface area (Å²) in [5, 5.41) is 19.3. The Kier molecular flexibility index (Phi) is 3.22. The summed E-state index contributed by atoms with van der Waals surface area (Å²) < 4.78 is 0. The first kappa shape index (κ1) is 9.95. The van der Waals surface area contributed by atoms with Crippen molar-refractivity contribution >= 4 is 17.3 Å². The van der Waals surface area contributed by atoms with Crippen LogP contribution in [0.15, 0.2) is 18.2 Å². The molecule has 4 nitrogen and oxygen atoms in total. The van der Waals surface area contributed by atoms with Crippen molar-refractivity contribution in [3.05, 3.63) is 38.9 Å². The van der Waals surface area contributed by atoms with Gasteiger partial charge in [-0.05, 0) is 6.07 Å². The highest BCUT2D eigenvalue weighted by atomic mass is 35.5. The lowest BCUT2D eigenvalue weighted by atomic mass is 10.1. The summed E-state index contributed by atoms with van der Waals surface area (Å²) >= 11 is 5.64. The predicted octanol–water partition coefficient (Wildman–Crippen LogP) is 1.78. The van der Waals surface area contributed by atoms with Gasteiger partial charge in [0.2, 0.25) is 0 Å². The highest BCUT2D eigenvalue weighted by Crippen LogP contribution is 2.28. The lowest BCUT2D eigenvalue weighted by Gasteiger charge is -2.01. The largest absolute Gasteiger partial charge is 0.396 e. The van der Waals surface area contributed by atoms with Crippen molar-refractivity contribution in [1.29, 1.82) is 0 Å². The smallest absolute Gasteiger partial charge is 0.291 e. The topological polar surface area (TPSA) is 63.4 Å². The minimum Gasteiger partial charge on any atom is -0.396 e. The van der Waals surface area contributed by atoms with Crippen LogP contribution in [0.25, 0.3) is 0 Å². The maximum absolute atomic E-state index is 10.6. The molecule has 13 heavy (non-hydrogen) atoms. The third-order valence-electron chi connectivity index (χ3n) is 1.63. The summed E-state index contributed by atoms with van der Waals surface area (Å²) in [5.41, 5.74) is 0.346. The molecule has 1 N–H and O–H groups in total. The Morgan fingerprint density at radius 2 is 2.23 bits per heavy atom. The highest BCUT2D eigenvalue weighted by Gasteiger charge is 2.16. The second-order valence-electron chi connectivity index (χ2n) is 2.48. The zero-order valence-corrected chi connectivity index (χ0v) is 7.49. The minimum atomic E-state index is -0.534. The van der Waals surface area contributed by atoms with Crippen LogP contribution in [0.3, 0.4) is 0 Å². The molecule has 0 radical (unpaired) electrons. The normalized spacial score (nSPS) is 10.0. The molecular weight excluding hydrogens is 194 g/mol. The number of benzene rings is 1. The molecule has 1 aromatic carbocycles. The van der Waals surface area contributed by atoms with Crippen LogP contribution < -0.4 is 0 Å². The van der Waals surface area contributed by atoms with E-state index in [9.17, 15) is 10.1 Å². The van der Waals surface area contributed by atoms with Gasteiger partial charge in [0.15, 0.2) is 0 Å². The Hall–Kier alpha value is -1.13. The Morgan fingerprint density at radius 3 is 2.77 bits per heavy atom. The Bertz CT molecular complexity index is 327. The molecule has 0 aliphatic heterocycles. The van der Waals surface area contributed by atoms with E-state index in [0.29, 0.717) is 5.56 Å². The molecule has 0 aliphatic carbocycles. The van der Waals surface area contributed by atoms with E-state index in [1.807, 2.05) is 0 Å². The van der Waals surface area contributed by atoms with Crippen LogP contribution in [0.4, 0.5) is 5.69 Å². The average molecular weight is 202 g/mol. The number of nitro groups is 1. The zero-order chi connectivity index (χ0) is 9.84. The maximum Gasteiger partial charge on any atom is 0.291 e. The molecule has 5 heteroatoms. The molecule has 0 amide bonds. The second-order valence-corrected chi connectivity index (χ2v) is 2.89. The molecule has 0 spiro atoms. The van der Waals surface area contributed by atoms with Crippen LogP contribution >= 0.6 is 11.6 Å². The summed E-state index contributed by atoms with van der Waals surface area (Å²) in [5.74, 6) is 0. The lowest BCUT2D eigenvalue weighted by molar-refractivity contribution is -0.385. The van der Waals surface area contributed by atoms with E-state index in [1.54, 1.807) is 12.1 Å². The number of aliphatic hydroxyl groups excluding tert-OH is 1. The number of nitrogens with zero attached hydrogens (tertiary/aromatic N) is 1. The summed E-state index contributed by atoms with van der Waals surface area (Å²) in [6, 6.07) is 4.67. The fourth-order valence-corrected chi connectivity index (χ4v) is 1.35. The van der Waals surface area contributed by atoms with E-state index in [4.69, 9.17) is 16.7 Å². The Morgan fingerprint density at radius 1 is 1.54 bits per heavy atom. The van der Waals surface area contributed by atoms with Crippen molar-refractivity contribution in [1.82, 2.24) is 0 Å². The maximum atomic E-state index is 10.6. The molecule has 0 aliphatic rings. The van der Waals surface area contributed by atoms with Gasteiger partial charge in [-0.15, -0.1) is 0 Å². The fraction of sp³-hybridized carbons (Fsp3) is 0.250. The molecule has 0 unspecified atom stereocenters. The predicted molar refractivity (Wildman–Crippen MR) is 48.9 cm³/mol. The van der Waals surface area contributed by atoms with Gasteiger partial charge in [0.25, 0.3) is 5.69 Å². The third kappa shape index (κ3) is 2.17. The van der Waals surface area contributed by atoms with E-state index in [-0.39, 0.29) is 23.7 Å². The molecule has 0 fully saturated rings. The molecule has 70 valence electrons. The van der Waals surface area contributed by atoms with Gasteiger partial charge in [-0.3, -0.25) is 10.1 Å². The van der Waals surface area contributed by atoms with E-state index in [1.165, 1.54) is 6.07 Å². The monoisotopic (exact) mass is 201 g/mol. The number of halogens is 1. The van der Waals surface area contributed by atoms with Crippen molar-refractivity contribution in [2.45, 2.75) is 6.42 Å². The van der Waals surface area contributed by atoms with Crippen LogP contribution in [-0.2, 0) is 6.42 Å². The first-order valence-corrected chi connectivity index (χ1v) is 4.07. The van der Waals surface area contributed by atoms with Gasteiger partial charge in [0, 0.05) is 18.6 Å². The molecule has 0 heterocycles. The van der Waals surface area contributed by atoms with Crippen LogP contribution in [0.1, 0.15) is 5.56 Å². The van der Waals surface area contributed by atoms with Crippen LogP contribution in [0, 0.1) is 10.1 Å². The third-order valence-corrected chi connectivity index (χ3v) is 1.94. The van der Waals surface area contributed by atoms with Crippen LogP contribution in [0.2, 0.25) is 5.02 Å². The van der Waals surface area contributed by atoms with Gasteiger partial charge >= 0.3 is 0 Å². The standard InChI is InChI=1S/C8H8ClNO3/c9-7-3-1-2-6(4-5-11)8(7)10(12)13/h1-3,11H,4-5H2. The molecule has 1 rings (SSSR count). The lowest BCUT2D eigenvalue weighted by Crippen LogP contribution is -1.98. The first-order valence-electron chi connectivity index (χ1n) is 3.69. The molecular formula is C8H8ClNO3. The van der Waals surface area contributed by atoms with Gasteiger partial charge in [-0.2, -0.15) is 0 Å². The highest BCUT2D eigenvalue weighted by molar-refractivity contribution is 6.32. The van der Waals surface area contributed by atoms with Crippen molar-refractivity contribution < 1.29 is 10.0 Å². The van der Waals surface area contributed by atoms with E-state index in [2.05, 4.69) is 0 Å². The molecule has 1 aromatic rings. The van der Waals surface area contributed by atoms with Crippen molar-refractivity contribution in [3.63, 3.8) is 0 Å². The van der Waals surface area contributed by atoms with E-state index in [0.717, 1.165) is 0 Å². The first-order chi connectivity index (χ1) is 6.16. The van der Waals surface area contributed by atoms with Crippen molar-refractivity contribution in [3.8, 4) is 0 Å². The number of rotatable bonds is 3. The van der Waals surface area contributed by atoms with Gasteiger partial charge in [0.1, 0.15) is 5.02 Å². The molecule has 0 saturated heterocycles. The number of nitro benzene ring substituents is 1. The van der Waals surface area contributed by atoms with E-state index >= 15 is 0 Å². The van der Waals surface area contributed by atoms with Gasteiger partial charge in [0.05, 0.1) is 4.92 Å². The number of hydrogen-bond donors (Lipinski definition) is 1. The fourth-order valence-electron chi connectivity index (χ4n) is 1.09. The minimum absolute atomic E-state index is 0.107. The number of aliphatic hydroxyl groups is 1. The van der Waals surface area contributed by atoms with Crippen LogP contribution in [0.5, 0.6) is 0 Å². The summed E-state index contributed by atoms with van der Waals surface area (Å²) in [6.07, 6.45) is 0.247. The number of para-hydroxylation sites is 1. The van der Waals surface area contributed by atoms with E-state index < -0.39 is 4.92 Å². The molecule has 0 aromatic heterocycles. The molecule has 0 bridgehead atoms. The quantitative estimate of drug-likeness (QED) is 0.599. The number of hydrogen-bond acceptors (Lipinski definition) is 3. The zero-order valence-electron chi connectivity index (χ0n) is 6.74. The van der Waals surface area contributed by atoms with Crippen molar-refractivity contribution in [2.75, 3.05) is 6.61 Å². The van der Waals surface area contributed by atoms with Crippen molar-refractivity contribution in [2.24, 2.45) is 0 Å². The van der Waals surface area contributed by atoms with Crippen LogP contribution in [-0.4, -0.2) is 16.6 Å². The average Bonchev–Trinajstić information content (AvgIpc) is 2.04. The van der Waals surface area contributed by atoms with Gasteiger partial charge in [-0.25, -0.2) is 0 Å². The molecule has 0 atom stereocenters. The van der Waals surface area contributed by atoms with Gasteiger partial charge in [-0.1, -0.05) is 23.7 Å². The summed E-state index contributed by atoms with van der Waals surface area (Å²) in [6.45, 7) is -0.124. The second kappa shape index (κ2) is 4.20. The Labute approximate surface area is 79.9 Å². The summed E-state index contributed by atoms with van der Waals surface area (Å²) in [7, 11) is 0. The van der Waals surface area contributed by atoms with Gasteiger partial charge < -0.3 is 5.11 Å².